The molecule has 212 valence electrons. The lowest BCUT2D eigenvalue weighted by Gasteiger charge is -2.09. The van der Waals surface area contributed by atoms with Crippen molar-refractivity contribution in [2.75, 3.05) is 0 Å². The molecule has 0 fully saturated rings. The molecule has 9 rings (SSSR count). The smallest absolute Gasteiger partial charge is 0.188 e. The van der Waals surface area contributed by atoms with Gasteiger partial charge in [0.25, 0.3) is 0 Å². The van der Waals surface area contributed by atoms with E-state index < -0.39 is 0 Å². The van der Waals surface area contributed by atoms with Crippen LogP contribution in [0.1, 0.15) is 16.7 Å². The summed E-state index contributed by atoms with van der Waals surface area (Å²) < 4.78 is 10.8. The van der Waals surface area contributed by atoms with Crippen molar-refractivity contribution in [3.8, 4) is 23.5 Å². The molecule has 46 heavy (non-hydrogen) atoms. The van der Waals surface area contributed by atoms with E-state index in [1.807, 2.05) is 72.8 Å². The molecule has 0 bridgehead atoms. The van der Waals surface area contributed by atoms with Crippen LogP contribution in [0.15, 0.2) is 114 Å². The fourth-order valence-corrected chi connectivity index (χ4v) is 6.94. The van der Waals surface area contributed by atoms with E-state index in [0.29, 0.717) is 16.8 Å². The van der Waals surface area contributed by atoms with Gasteiger partial charge in [0.1, 0.15) is 11.2 Å². The molecule has 0 aliphatic rings. The van der Waals surface area contributed by atoms with Crippen LogP contribution in [0.2, 0.25) is 0 Å². The lowest BCUT2D eigenvalue weighted by molar-refractivity contribution is 0.669. The van der Waals surface area contributed by atoms with Crippen molar-refractivity contribution in [3.63, 3.8) is 0 Å². The molecule has 9 aromatic rings. The first-order valence-corrected chi connectivity index (χ1v) is 14.8. The number of fused-ring (bicyclic) bond motifs is 9. The molecule has 6 aromatic carbocycles. The van der Waals surface area contributed by atoms with Crippen LogP contribution >= 0.6 is 0 Å². The van der Waals surface area contributed by atoms with Gasteiger partial charge in [-0.15, -0.1) is 0 Å². The highest BCUT2D eigenvalue weighted by Gasteiger charge is 2.18. The van der Waals surface area contributed by atoms with Gasteiger partial charge < -0.3 is 13.6 Å². The molecule has 0 aliphatic carbocycles. The van der Waals surface area contributed by atoms with Crippen LogP contribution in [0, 0.1) is 36.2 Å². The molecule has 0 N–H and O–H groups in total. The molecule has 6 nitrogen and oxygen atoms in total. The number of hydrogen-bond acceptors (Lipinski definition) is 3. The first kappa shape index (κ1) is 25.7. The largest absolute Gasteiger partial charge is 0.456 e. The number of hydrogen-bond donors (Lipinski definition) is 0. The number of nitriles is 2. The molecule has 0 saturated carbocycles. The molecule has 0 spiro atoms. The van der Waals surface area contributed by atoms with Crippen molar-refractivity contribution in [2.24, 2.45) is 0 Å². The van der Waals surface area contributed by atoms with Crippen molar-refractivity contribution < 1.29 is 4.42 Å². The van der Waals surface area contributed by atoms with Gasteiger partial charge in [-0.2, -0.15) is 10.5 Å². The third-order valence-corrected chi connectivity index (χ3v) is 9.01. The monoisotopic (exact) mass is 587 g/mol. The summed E-state index contributed by atoms with van der Waals surface area (Å²) in [5.41, 5.74) is 10.5. The maximum absolute atomic E-state index is 9.60. The normalized spacial score (nSPS) is 11.5. The number of furan rings is 1. The lowest BCUT2D eigenvalue weighted by atomic mass is 10.1. The average molecular weight is 588 g/mol. The van der Waals surface area contributed by atoms with Crippen molar-refractivity contribution in [2.45, 2.75) is 6.92 Å². The highest BCUT2D eigenvalue weighted by atomic mass is 16.3. The van der Waals surface area contributed by atoms with Gasteiger partial charge in [-0.3, -0.25) is 0 Å². The Bertz CT molecular complexity index is 2840. The Kier molecular flexibility index (Phi) is 5.21. The Labute approximate surface area is 262 Å². The van der Waals surface area contributed by atoms with E-state index in [1.165, 1.54) is 0 Å². The van der Waals surface area contributed by atoms with Gasteiger partial charge in [-0.05, 0) is 109 Å². The minimum atomic E-state index is 0.557. The van der Waals surface area contributed by atoms with E-state index in [9.17, 15) is 10.5 Å². The number of nitrogens with zero attached hydrogens (tertiary/aromatic N) is 5. The van der Waals surface area contributed by atoms with Crippen molar-refractivity contribution in [1.29, 1.82) is 10.5 Å². The molecule has 0 radical (unpaired) electrons. The maximum atomic E-state index is 9.60. The van der Waals surface area contributed by atoms with E-state index in [4.69, 9.17) is 11.0 Å². The number of aromatic nitrogens is 2. The molecule has 3 aromatic heterocycles. The maximum Gasteiger partial charge on any atom is 0.188 e. The first-order chi connectivity index (χ1) is 22.5. The third-order valence-electron chi connectivity index (χ3n) is 9.01. The Balaban J connectivity index is 1.30. The highest BCUT2D eigenvalue weighted by molar-refractivity contribution is 6.13. The fraction of sp³-hybridized carbons (Fsp3) is 0.0250. The standard InChI is InChI=1S/C40H21N5O/c1-23-3-9-35-29(15-23)30-16-24(21-41)4-10-36(30)44(35)27-7-13-39-33(19-27)34-20-28(8-14-40(34)46-39)45-37-11-5-25(22-42)17-31(37)32-18-26(43-2)6-12-38(32)45/h3-20H,1H3. The van der Waals surface area contributed by atoms with E-state index in [-0.39, 0.29) is 0 Å². The van der Waals surface area contributed by atoms with Crippen LogP contribution in [0.4, 0.5) is 5.69 Å². The van der Waals surface area contributed by atoms with E-state index >= 15 is 0 Å². The molecule has 3 heterocycles. The van der Waals surface area contributed by atoms with Crippen LogP contribution in [0.3, 0.4) is 0 Å². The van der Waals surface area contributed by atoms with Crippen LogP contribution in [-0.2, 0) is 0 Å². The summed E-state index contributed by atoms with van der Waals surface area (Å²) in [7, 11) is 0. The van der Waals surface area contributed by atoms with E-state index in [2.05, 4.69) is 69.4 Å². The summed E-state index contributed by atoms with van der Waals surface area (Å²) in [6.45, 7) is 9.64. The summed E-state index contributed by atoms with van der Waals surface area (Å²) in [5, 5.41) is 25.2. The minimum Gasteiger partial charge on any atom is -0.456 e. The number of benzene rings is 6. The van der Waals surface area contributed by atoms with E-state index in [1.54, 1.807) is 0 Å². The molecule has 0 aliphatic heterocycles. The van der Waals surface area contributed by atoms with Crippen molar-refractivity contribution >= 4 is 71.2 Å². The minimum absolute atomic E-state index is 0.557. The first-order valence-electron chi connectivity index (χ1n) is 14.8. The van der Waals surface area contributed by atoms with Crippen LogP contribution in [-0.4, -0.2) is 9.13 Å². The van der Waals surface area contributed by atoms with E-state index in [0.717, 1.165) is 82.5 Å². The van der Waals surface area contributed by atoms with Crippen molar-refractivity contribution in [1.82, 2.24) is 9.13 Å². The zero-order valence-corrected chi connectivity index (χ0v) is 24.5. The summed E-state index contributed by atoms with van der Waals surface area (Å²) in [5.74, 6) is 0. The second-order valence-corrected chi connectivity index (χ2v) is 11.7. The lowest BCUT2D eigenvalue weighted by Crippen LogP contribution is -1.94. The zero-order chi connectivity index (χ0) is 31.1. The van der Waals surface area contributed by atoms with Gasteiger partial charge in [0, 0.05) is 38.3 Å². The Morgan fingerprint density at radius 2 is 1.02 bits per heavy atom. The Morgan fingerprint density at radius 1 is 0.543 bits per heavy atom. The fourth-order valence-electron chi connectivity index (χ4n) is 6.94. The second-order valence-electron chi connectivity index (χ2n) is 11.7. The quantitative estimate of drug-likeness (QED) is 0.189. The summed E-state index contributed by atoms with van der Waals surface area (Å²) in [6.07, 6.45) is 0. The Hall–Kier alpha value is -6.81. The van der Waals surface area contributed by atoms with Gasteiger partial charge >= 0.3 is 0 Å². The van der Waals surface area contributed by atoms with Gasteiger partial charge in [0.2, 0.25) is 0 Å². The zero-order valence-electron chi connectivity index (χ0n) is 24.5. The predicted octanol–water partition coefficient (Wildman–Crippen LogP) is 10.4. The average Bonchev–Trinajstić information content (AvgIpc) is 3.73. The molecule has 0 saturated heterocycles. The summed E-state index contributed by atoms with van der Waals surface area (Å²) in [6, 6.07) is 40.7. The van der Waals surface area contributed by atoms with Gasteiger partial charge in [-0.25, -0.2) is 4.85 Å². The second kappa shape index (κ2) is 9.34. The molecule has 0 atom stereocenters. The predicted molar refractivity (Wildman–Crippen MR) is 183 cm³/mol. The summed E-state index contributed by atoms with van der Waals surface area (Å²) in [4.78, 5) is 3.65. The topological polar surface area (TPSA) is 74.9 Å². The van der Waals surface area contributed by atoms with Gasteiger partial charge in [-0.1, -0.05) is 17.7 Å². The third kappa shape index (κ3) is 3.55. The summed E-state index contributed by atoms with van der Waals surface area (Å²) >= 11 is 0. The molecular weight excluding hydrogens is 566 g/mol. The molecular formula is C40H21N5O. The molecule has 0 amide bonds. The van der Waals surface area contributed by atoms with Crippen LogP contribution in [0.5, 0.6) is 0 Å². The SMILES string of the molecule is [C-]#[N+]c1ccc2c(c1)c1cc(C#N)ccc1n2-c1ccc2oc3ccc(-n4c5ccc(C)cc5c5cc(C#N)ccc54)cc3c2c1. The Morgan fingerprint density at radius 3 is 1.54 bits per heavy atom. The van der Waals surface area contributed by atoms with Gasteiger partial charge in [0.15, 0.2) is 5.69 Å². The number of rotatable bonds is 2. The molecule has 0 unspecified atom stereocenters. The highest BCUT2D eigenvalue weighted by Crippen LogP contribution is 2.39. The molecule has 6 heteroatoms. The van der Waals surface area contributed by atoms with Crippen LogP contribution < -0.4 is 0 Å². The number of aryl methyl sites for hydroxylation is 1. The van der Waals surface area contributed by atoms with Crippen LogP contribution in [0.25, 0.3) is 81.8 Å². The van der Waals surface area contributed by atoms with Crippen molar-refractivity contribution in [3.05, 3.63) is 137 Å². The van der Waals surface area contributed by atoms with Gasteiger partial charge in [0.05, 0.1) is 51.9 Å².